The summed E-state index contributed by atoms with van der Waals surface area (Å²) in [5.41, 5.74) is 1.32. The van der Waals surface area contributed by atoms with E-state index in [1.165, 1.54) is 0 Å². The van der Waals surface area contributed by atoms with Crippen molar-refractivity contribution >= 4 is 5.91 Å². The quantitative estimate of drug-likeness (QED) is 0.848. The zero-order valence-electron chi connectivity index (χ0n) is 15.9. The van der Waals surface area contributed by atoms with Gasteiger partial charge in [0.15, 0.2) is 0 Å². The first-order chi connectivity index (χ1) is 12.5. The average Bonchev–Trinajstić information content (AvgIpc) is 3.21. The molecule has 1 amide bonds. The van der Waals surface area contributed by atoms with Crippen LogP contribution < -0.4 is 5.32 Å². The molecular weight excluding hydrogens is 328 g/mol. The topological polar surface area (TPSA) is 66.3 Å². The van der Waals surface area contributed by atoms with Crippen LogP contribution in [0.4, 0.5) is 0 Å². The van der Waals surface area contributed by atoms with E-state index in [4.69, 9.17) is 0 Å². The lowest BCUT2D eigenvalue weighted by Crippen LogP contribution is -2.58. The predicted molar refractivity (Wildman–Crippen MR) is 101 cm³/mol. The van der Waals surface area contributed by atoms with Crippen molar-refractivity contribution in [2.24, 2.45) is 0 Å². The number of benzene rings is 1. The Hall–Kier alpha value is -2.25. The molecule has 0 unspecified atom stereocenters. The highest BCUT2D eigenvalue weighted by atomic mass is 16.1. The number of rotatable bonds is 6. The number of hydrogen-bond donors (Lipinski definition) is 1. The van der Waals surface area contributed by atoms with Gasteiger partial charge >= 0.3 is 0 Å². The number of para-hydroxylation sites is 1. The molecule has 0 spiro atoms. The molecule has 0 saturated carbocycles. The SMILES string of the molecule is CCN1CCN(C(C)(C)CNC(=O)c2ccccc2-n2cnnc2)CC1. The van der Waals surface area contributed by atoms with Crippen LogP contribution in [0.2, 0.25) is 0 Å². The minimum absolute atomic E-state index is 0.0745. The number of carbonyl (C=O) groups is 1. The number of likely N-dealkylation sites (N-methyl/N-ethyl adjacent to an activating group) is 1. The maximum absolute atomic E-state index is 12.8. The van der Waals surface area contributed by atoms with Crippen LogP contribution in [0.15, 0.2) is 36.9 Å². The highest BCUT2D eigenvalue weighted by molar-refractivity contribution is 5.97. The van der Waals surface area contributed by atoms with Gasteiger partial charge in [-0.1, -0.05) is 19.1 Å². The normalized spacial score (nSPS) is 16.6. The van der Waals surface area contributed by atoms with Crippen molar-refractivity contribution in [2.75, 3.05) is 39.3 Å². The molecule has 7 nitrogen and oxygen atoms in total. The van der Waals surface area contributed by atoms with Gasteiger partial charge in [-0.3, -0.25) is 14.3 Å². The molecule has 0 radical (unpaired) electrons. The molecule has 2 heterocycles. The van der Waals surface area contributed by atoms with Gasteiger partial charge in [-0.05, 0) is 32.5 Å². The number of nitrogens with one attached hydrogen (secondary N) is 1. The van der Waals surface area contributed by atoms with Crippen molar-refractivity contribution in [3.05, 3.63) is 42.5 Å². The van der Waals surface area contributed by atoms with E-state index in [-0.39, 0.29) is 11.4 Å². The van der Waals surface area contributed by atoms with E-state index in [0.717, 1.165) is 38.4 Å². The monoisotopic (exact) mass is 356 g/mol. The summed E-state index contributed by atoms with van der Waals surface area (Å²) >= 11 is 0. The lowest BCUT2D eigenvalue weighted by atomic mass is 10.0. The van der Waals surface area contributed by atoms with Gasteiger partial charge in [-0.2, -0.15) is 0 Å². The third-order valence-corrected chi connectivity index (χ3v) is 5.20. The highest BCUT2D eigenvalue weighted by Crippen LogP contribution is 2.18. The Bertz CT molecular complexity index is 719. The van der Waals surface area contributed by atoms with Crippen LogP contribution in [-0.4, -0.2) is 75.3 Å². The molecule has 1 aliphatic heterocycles. The van der Waals surface area contributed by atoms with Crippen LogP contribution in [0, 0.1) is 0 Å². The second kappa shape index (κ2) is 7.97. The van der Waals surface area contributed by atoms with Gasteiger partial charge in [0.25, 0.3) is 5.91 Å². The van der Waals surface area contributed by atoms with E-state index in [0.29, 0.717) is 12.1 Å². The van der Waals surface area contributed by atoms with Crippen molar-refractivity contribution in [1.82, 2.24) is 29.9 Å². The fraction of sp³-hybridized carbons (Fsp3) is 0.526. The van der Waals surface area contributed by atoms with E-state index in [2.05, 4.69) is 46.1 Å². The molecular formula is C19H28N6O. The average molecular weight is 356 g/mol. The molecule has 140 valence electrons. The van der Waals surface area contributed by atoms with Gasteiger partial charge in [-0.15, -0.1) is 10.2 Å². The van der Waals surface area contributed by atoms with Crippen molar-refractivity contribution < 1.29 is 4.79 Å². The molecule has 0 atom stereocenters. The summed E-state index contributed by atoms with van der Waals surface area (Å²) in [4.78, 5) is 17.7. The van der Waals surface area contributed by atoms with E-state index in [1.807, 2.05) is 24.3 Å². The summed E-state index contributed by atoms with van der Waals surface area (Å²) in [5, 5.41) is 10.8. The van der Waals surface area contributed by atoms with E-state index >= 15 is 0 Å². The molecule has 1 fully saturated rings. The Kier molecular flexibility index (Phi) is 5.68. The van der Waals surface area contributed by atoms with Crippen LogP contribution in [0.1, 0.15) is 31.1 Å². The first-order valence-corrected chi connectivity index (χ1v) is 9.21. The second-order valence-electron chi connectivity index (χ2n) is 7.30. The summed E-state index contributed by atoms with van der Waals surface area (Å²) in [6.07, 6.45) is 3.20. The third kappa shape index (κ3) is 4.11. The Morgan fingerprint density at radius 2 is 1.77 bits per heavy atom. The highest BCUT2D eigenvalue weighted by Gasteiger charge is 2.30. The zero-order valence-corrected chi connectivity index (χ0v) is 15.9. The van der Waals surface area contributed by atoms with E-state index in [9.17, 15) is 4.79 Å². The summed E-state index contributed by atoms with van der Waals surface area (Å²) in [6.45, 7) is 12.5. The molecule has 7 heteroatoms. The van der Waals surface area contributed by atoms with E-state index < -0.39 is 0 Å². The minimum Gasteiger partial charge on any atom is -0.350 e. The molecule has 0 aliphatic carbocycles. The maximum Gasteiger partial charge on any atom is 0.253 e. The Balaban J connectivity index is 1.64. The van der Waals surface area contributed by atoms with Gasteiger partial charge < -0.3 is 10.2 Å². The fourth-order valence-electron chi connectivity index (χ4n) is 3.39. The van der Waals surface area contributed by atoms with Crippen LogP contribution in [0.3, 0.4) is 0 Å². The number of nitrogens with zero attached hydrogens (tertiary/aromatic N) is 5. The summed E-state index contributed by atoms with van der Waals surface area (Å²) < 4.78 is 1.75. The zero-order chi connectivity index (χ0) is 18.6. The molecule has 3 rings (SSSR count). The predicted octanol–water partition coefficient (Wildman–Crippen LogP) is 1.41. The lowest BCUT2D eigenvalue weighted by Gasteiger charge is -2.44. The third-order valence-electron chi connectivity index (χ3n) is 5.20. The first-order valence-electron chi connectivity index (χ1n) is 9.21. The van der Waals surface area contributed by atoms with Crippen LogP contribution in [-0.2, 0) is 0 Å². The molecule has 1 saturated heterocycles. The number of amides is 1. The van der Waals surface area contributed by atoms with Gasteiger partial charge in [0.05, 0.1) is 11.3 Å². The Morgan fingerprint density at radius 1 is 1.12 bits per heavy atom. The smallest absolute Gasteiger partial charge is 0.253 e. The van der Waals surface area contributed by atoms with Crippen molar-refractivity contribution in [2.45, 2.75) is 26.3 Å². The molecule has 26 heavy (non-hydrogen) atoms. The van der Waals surface area contributed by atoms with Crippen molar-refractivity contribution in [1.29, 1.82) is 0 Å². The van der Waals surface area contributed by atoms with Gasteiger partial charge in [0.1, 0.15) is 12.7 Å². The Morgan fingerprint density at radius 3 is 2.42 bits per heavy atom. The number of carbonyl (C=O) groups excluding carboxylic acids is 1. The molecule has 1 N–H and O–H groups in total. The summed E-state index contributed by atoms with van der Waals surface area (Å²) in [5.74, 6) is -0.0745. The van der Waals surface area contributed by atoms with Crippen LogP contribution in [0.25, 0.3) is 5.69 Å². The van der Waals surface area contributed by atoms with Crippen LogP contribution >= 0.6 is 0 Å². The Labute approximate surface area is 155 Å². The lowest BCUT2D eigenvalue weighted by molar-refractivity contribution is 0.0521. The minimum atomic E-state index is -0.0823. The first kappa shape index (κ1) is 18.5. The molecule has 0 bridgehead atoms. The largest absolute Gasteiger partial charge is 0.350 e. The van der Waals surface area contributed by atoms with Gasteiger partial charge in [0.2, 0.25) is 0 Å². The second-order valence-corrected chi connectivity index (χ2v) is 7.30. The number of hydrogen-bond acceptors (Lipinski definition) is 5. The molecule has 2 aromatic rings. The molecule has 1 aromatic heterocycles. The van der Waals surface area contributed by atoms with Crippen molar-refractivity contribution in [3.8, 4) is 5.69 Å². The van der Waals surface area contributed by atoms with Crippen LogP contribution in [0.5, 0.6) is 0 Å². The standard InChI is InChI=1S/C19H28N6O/c1-4-23-9-11-25(12-10-23)19(2,3)13-20-18(26)16-7-5-6-8-17(16)24-14-21-22-15-24/h5-8,14-15H,4,9-13H2,1-3H3,(H,20,26). The van der Waals surface area contributed by atoms with Gasteiger partial charge in [0, 0.05) is 38.3 Å². The summed E-state index contributed by atoms with van der Waals surface area (Å²) in [7, 11) is 0. The fourth-order valence-corrected chi connectivity index (χ4v) is 3.39. The number of aromatic nitrogens is 3. The van der Waals surface area contributed by atoms with Crippen molar-refractivity contribution in [3.63, 3.8) is 0 Å². The number of piperazine rings is 1. The maximum atomic E-state index is 12.8. The summed E-state index contributed by atoms with van der Waals surface area (Å²) in [6, 6.07) is 7.51. The molecule has 1 aliphatic rings. The van der Waals surface area contributed by atoms with Gasteiger partial charge in [-0.25, -0.2) is 0 Å². The van der Waals surface area contributed by atoms with E-state index in [1.54, 1.807) is 17.2 Å². The molecule has 1 aromatic carbocycles.